The summed E-state index contributed by atoms with van der Waals surface area (Å²) in [6, 6.07) is 0. The van der Waals surface area contributed by atoms with Crippen LogP contribution in [0.25, 0.3) is 0 Å². The first-order valence-corrected chi connectivity index (χ1v) is 7.30. The Labute approximate surface area is 71.9 Å². The normalized spacial score (nSPS) is 37.3. The first kappa shape index (κ1) is 8.41. The summed E-state index contributed by atoms with van der Waals surface area (Å²) in [5.74, 6) is 1.28. The van der Waals surface area contributed by atoms with E-state index in [0.29, 0.717) is 0 Å². The van der Waals surface area contributed by atoms with Gasteiger partial charge in [-0.3, -0.25) is 0 Å². The van der Waals surface area contributed by atoms with Gasteiger partial charge in [0.15, 0.2) is 0 Å². The second-order valence-electron chi connectivity index (χ2n) is 2.63. The van der Waals surface area contributed by atoms with Gasteiger partial charge >= 0.3 is 0 Å². The summed E-state index contributed by atoms with van der Waals surface area (Å²) in [7, 11) is -0.633. The molecule has 0 radical (unpaired) electrons. The Bertz CT molecular complexity index is 184. The Hall–Kier alpha value is 0.310. The summed E-state index contributed by atoms with van der Waals surface area (Å²) in [6.45, 7) is 4.38. The molecule has 0 fully saturated rings. The molecule has 0 amide bonds. The molecule has 0 saturated heterocycles. The van der Waals surface area contributed by atoms with Crippen LogP contribution in [0.5, 0.6) is 0 Å². The standard InChI is InChI=1S/C8H13BrS/c1-3-5-10(9)6-4-8(2)7-10/h4,6-7H,3,5H2,1-2H3. The smallest absolute Gasteiger partial charge is 0.00678 e. The van der Waals surface area contributed by atoms with Gasteiger partial charge in [0.2, 0.25) is 0 Å². The van der Waals surface area contributed by atoms with Crippen LogP contribution >= 0.6 is 23.3 Å². The molecule has 1 aliphatic heterocycles. The van der Waals surface area contributed by atoms with Crippen LogP contribution < -0.4 is 0 Å². The molecule has 1 aliphatic rings. The summed E-state index contributed by atoms with van der Waals surface area (Å²) in [5.41, 5.74) is 1.40. The van der Waals surface area contributed by atoms with Crippen molar-refractivity contribution in [2.75, 3.05) is 5.75 Å². The lowest BCUT2D eigenvalue weighted by molar-refractivity contribution is 1.11. The number of allylic oxidation sites excluding steroid dienone is 2. The van der Waals surface area contributed by atoms with Crippen LogP contribution in [0, 0.1) is 0 Å². The molecule has 0 N–H and O–H groups in total. The maximum atomic E-state index is 3.77. The zero-order valence-corrected chi connectivity index (χ0v) is 8.83. The Balaban J connectivity index is 2.64. The number of hydrogen-bond donors (Lipinski definition) is 0. The third-order valence-corrected chi connectivity index (χ3v) is 6.02. The van der Waals surface area contributed by atoms with Gasteiger partial charge in [0.1, 0.15) is 0 Å². The second-order valence-corrected chi connectivity index (χ2v) is 8.67. The lowest BCUT2D eigenvalue weighted by atomic mass is 10.4. The quantitative estimate of drug-likeness (QED) is 0.662. The minimum atomic E-state index is -0.633. The molecule has 1 unspecified atom stereocenters. The zero-order chi connectivity index (χ0) is 7.61. The summed E-state index contributed by atoms with van der Waals surface area (Å²) in [5, 5.41) is 4.67. The van der Waals surface area contributed by atoms with E-state index in [1.165, 1.54) is 17.7 Å². The summed E-state index contributed by atoms with van der Waals surface area (Å²) < 4.78 is 0. The molecular weight excluding hydrogens is 208 g/mol. The molecule has 0 aromatic rings. The average Bonchev–Trinajstić information content (AvgIpc) is 2.12. The van der Waals surface area contributed by atoms with Crippen LogP contribution in [0.1, 0.15) is 20.3 Å². The fourth-order valence-corrected chi connectivity index (χ4v) is 5.32. The molecule has 0 spiro atoms. The number of halogens is 1. The Kier molecular flexibility index (Phi) is 2.64. The van der Waals surface area contributed by atoms with Crippen molar-refractivity contribution in [3.63, 3.8) is 0 Å². The van der Waals surface area contributed by atoms with E-state index in [9.17, 15) is 0 Å². The van der Waals surface area contributed by atoms with Crippen molar-refractivity contribution < 1.29 is 0 Å². The van der Waals surface area contributed by atoms with Gasteiger partial charge in [-0.05, 0) is 50.3 Å². The first-order valence-electron chi connectivity index (χ1n) is 3.53. The lowest BCUT2D eigenvalue weighted by Crippen LogP contribution is -1.85. The van der Waals surface area contributed by atoms with Crippen molar-refractivity contribution >= 4 is 23.3 Å². The van der Waals surface area contributed by atoms with Crippen molar-refractivity contribution in [1.29, 1.82) is 0 Å². The lowest BCUT2D eigenvalue weighted by Gasteiger charge is -2.21. The average molecular weight is 221 g/mol. The predicted octanol–water partition coefficient (Wildman–Crippen LogP) is 3.94. The van der Waals surface area contributed by atoms with E-state index in [1.54, 1.807) is 0 Å². The molecule has 0 bridgehead atoms. The molecule has 1 heterocycles. The van der Waals surface area contributed by atoms with Crippen molar-refractivity contribution in [2.24, 2.45) is 0 Å². The maximum absolute atomic E-state index is 3.77. The van der Waals surface area contributed by atoms with Crippen LogP contribution in [0.3, 0.4) is 0 Å². The van der Waals surface area contributed by atoms with Crippen LogP contribution in [0.4, 0.5) is 0 Å². The molecule has 0 nitrogen and oxygen atoms in total. The topological polar surface area (TPSA) is 0 Å². The highest BCUT2D eigenvalue weighted by molar-refractivity contribution is 9.59. The van der Waals surface area contributed by atoms with Crippen molar-refractivity contribution in [2.45, 2.75) is 20.3 Å². The van der Waals surface area contributed by atoms with Crippen molar-refractivity contribution in [3.05, 3.63) is 22.5 Å². The van der Waals surface area contributed by atoms with Crippen LogP contribution in [-0.2, 0) is 0 Å². The zero-order valence-electron chi connectivity index (χ0n) is 6.43. The highest BCUT2D eigenvalue weighted by Gasteiger charge is 2.16. The Morgan fingerprint density at radius 3 is 2.70 bits per heavy atom. The number of hydrogen-bond acceptors (Lipinski definition) is 0. The van der Waals surface area contributed by atoms with E-state index in [2.05, 4.69) is 45.6 Å². The summed E-state index contributed by atoms with van der Waals surface area (Å²) in [4.78, 5) is 0. The van der Waals surface area contributed by atoms with Crippen LogP contribution in [0.2, 0.25) is 0 Å². The van der Waals surface area contributed by atoms with Gasteiger partial charge in [0.05, 0.1) is 0 Å². The highest BCUT2D eigenvalue weighted by atomic mass is 79.9. The third-order valence-electron chi connectivity index (χ3n) is 1.46. The largest absolute Gasteiger partial charge is 0.142 e. The molecule has 1 atom stereocenters. The summed E-state index contributed by atoms with van der Waals surface area (Å²) in [6.07, 6.45) is 3.47. The van der Waals surface area contributed by atoms with Gasteiger partial charge in [-0.1, -0.05) is 13.0 Å². The molecule has 10 heavy (non-hydrogen) atoms. The van der Waals surface area contributed by atoms with Gasteiger partial charge in [-0.2, -0.15) is 0 Å². The Morgan fingerprint density at radius 2 is 2.30 bits per heavy atom. The third kappa shape index (κ3) is 1.89. The second kappa shape index (κ2) is 3.14. The van der Waals surface area contributed by atoms with Crippen LogP contribution in [-0.4, -0.2) is 5.75 Å². The van der Waals surface area contributed by atoms with E-state index in [1.807, 2.05) is 0 Å². The van der Waals surface area contributed by atoms with Crippen molar-refractivity contribution in [3.8, 4) is 0 Å². The van der Waals surface area contributed by atoms with Gasteiger partial charge in [-0.25, -0.2) is 0 Å². The molecular formula is C8H13BrS. The summed E-state index contributed by atoms with van der Waals surface area (Å²) >= 11 is 3.77. The van der Waals surface area contributed by atoms with Crippen LogP contribution in [0.15, 0.2) is 22.5 Å². The van der Waals surface area contributed by atoms with Gasteiger partial charge < -0.3 is 0 Å². The fraction of sp³-hybridized carbons (Fsp3) is 0.500. The van der Waals surface area contributed by atoms with E-state index in [-0.39, 0.29) is 0 Å². The molecule has 0 aromatic heterocycles. The van der Waals surface area contributed by atoms with E-state index < -0.39 is 8.46 Å². The molecule has 2 heteroatoms. The van der Waals surface area contributed by atoms with Gasteiger partial charge in [-0.15, -0.1) is 8.46 Å². The minimum Gasteiger partial charge on any atom is -0.142 e. The predicted molar refractivity (Wildman–Crippen MR) is 54.6 cm³/mol. The molecule has 0 aliphatic carbocycles. The first-order chi connectivity index (χ1) is 4.66. The monoisotopic (exact) mass is 220 g/mol. The van der Waals surface area contributed by atoms with E-state index in [4.69, 9.17) is 0 Å². The maximum Gasteiger partial charge on any atom is -0.00678 e. The molecule has 0 saturated carbocycles. The Morgan fingerprint density at radius 1 is 1.60 bits per heavy atom. The minimum absolute atomic E-state index is 0.633. The molecule has 58 valence electrons. The van der Waals surface area contributed by atoms with E-state index >= 15 is 0 Å². The SMILES string of the molecule is CCCS1(Br)C=CC(C)=C1. The van der Waals surface area contributed by atoms with Gasteiger partial charge in [0.25, 0.3) is 0 Å². The van der Waals surface area contributed by atoms with Gasteiger partial charge in [0, 0.05) is 0 Å². The van der Waals surface area contributed by atoms with Crippen molar-refractivity contribution in [1.82, 2.24) is 0 Å². The number of rotatable bonds is 2. The molecule has 1 rings (SSSR count). The highest BCUT2D eigenvalue weighted by Crippen LogP contribution is 2.62. The van der Waals surface area contributed by atoms with E-state index in [0.717, 1.165) is 0 Å². The fourth-order valence-electron chi connectivity index (χ4n) is 1.05. The molecule has 0 aromatic carbocycles.